The minimum Gasteiger partial charge on any atom is -0.365 e. The lowest BCUT2D eigenvalue weighted by atomic mass is 10.3. The monoisotopic (exact) mass is 331 g/mol. The summed E-state index contributed by atoms with van der Waals surface area (Å²) < 4.78 is 1.13. The average molecular weight is 333 g/mol. The molecule has 0 spiro atoms. The van der Waals surface area contributed by atoms with Gasteiger partial charge in [0.15, 0.2) is 0 Å². The van der Waals surface area contributed by atoms with E-state index in [4.69, 9.17) is 11.6 Å². The Balaban J connectivity index is 2.14. The van der Waals surface area contributed by atoms with E-state index in [1.807, 2.05) is 19.9 Å². The first-order chi connectivity index (χ1) is 8.06. The lowest BCUT2D eigenvalue weighted by molar-refractivity contribution is 1.01. The van der Waals surface area contributed by atoms with Gasteiger partial charge in [-0.05, 0) is 41.9 Å². The molecule has 0 unspecified atom stereocenters. The van der Waals surface area contributed by atoms with E-state index < -0.39 is 0 Å². The van der Waals surface area contributed by atoms with Crippen molar-refractivity contribution in [3.8, 4) is 0 Å². The molecule has 2 heterocycles. The van der Waals surface area contributed by atoms with Crippen LogP contribution in [0.5, 0.6) is 0 Å². The number of nitrogens with zero attached hydrogens (tertiary/aromatic N) is 2. The van der Waals surface area contributed by atoms with Gasteiger partial charge in [0.25, 0.3) is 0 Å². The SMILES string of the molecule is Cc1nc(Cl)c(C)c(NCc2ccc(Br)s2)n1. The fourth-order valence-electron chi connectivity index (χ4n) is 1.38. The van der Waals surface area contributed by atoms with E-state index in [0.29, 0.717) is 11.0 Å². The second-order valence-corrected chi connectivity index (χ2v) is 6.50. The molecule has 0 saturated heterocycles. The van der Waals surface area contributed by atoms with E-state index >= 15 is 0 Å². The van der Waals surface area contributed by atoms with E-state index in [0.717, 1.165) is 21.7 Å². The van der Waals surface area contributed by atoms with Crippen molar-refractivity contribution in [3.05, 3.63) is 37.3 Å². The van der Waals surface area contributed by atoms with Crippen molar-refractivity contribution in [2.45, 2.75) is 20.4 Å². The summed E-state index contributed by atoms with van der Waals surface area (Å²) >= 11 is 11.1. The largest absolute Gasteiger partial charge is 0.365 e. The smallest absolute Gasteiger partial charge is 0.137 e. The Kier molecular flexibility index (Phi) is 4.01. The summed E-state index contributed by atoms with van der Waals surface area (Å²) in [5.74, 6) is 1.47. The van der Waals surface area contributed by atoms with E-state index in [1.54, 1.807) is 11.3 Å². The van der Waals surface area contributed by atoms with Crippen LogP contribution in [0.4, 0.5) is 5.82 Å². The number of thiophene rings is 1. The lowest BCUT2D eigenvalue weighted by Crippen LogP contribution is -2.04. The number of aryl methyl sites for hydroxylation is 1. The van der Waals surface area contributed by atoms with Crippen molar-refractivity contribution in [2.24, 2.45) is 0 Å². The third kappa shape index (κ3) is 3.18. The van der Waals surface area contributed by atoms with Crippen molar-refractivity contribution < 1.29 is 0 Å². The standard InChI is InChI=1S/C11H11BrClN3S/c1-6-10(13)15-7(2)16-11(6)14-5-8-3-4-9(12)17-8/h3-4H,5H2,1-2H3,(H,14,15,16). The first-order valence-corrected chi connectivity index (χ1v) is 7.04. The first kappa shape index (κ1) is 12.8. The highest BCUT2D eigenvalue weighted by Crippen LogP contribution is 2.24. The zero-order chi connectivity index (χ0) is 12.4. The van der Waals surface area contributed by atoms with Crippen molar-refractivity contribution in [1.82, 2.24) is 9.97 Å². The molecule has 0 radical (unpaired) electrons. The number of aromatic nitrogens is 2. The molecule has 0 aliphatic heterocycles. The minimum absolute atomic E-state index is 0.507. The predicted molar refractivity (Wildman–Crippen MR) is 75.9 cm³/mol. The fourth-order valence-corrected chi connectivity index (χ4v) is 3.02. The Bertz CT molecular complexity index is 542. The molecule has 90 valence electrons. The van der Waals surface area contributed by atoms with E-state index in [9.17, 15) is 0 Å². The van der Waals surface area contributed by atoms with Gasteiger partial charge in [0.1, 0.15) is 16.8 Å². The molecular formula is C11H11BrClN3S. The molecule has 0 aliphatic rings. The predicted octanol–water partition coefficient (Wildman–Crippen LogP) is 4.18. The van der Waals surface area contributed by atoms with Crippen molar-refractivity contribution in [3.63, 3.8) is 0 Å². The zero-order valence-electron chi connectivity index (χ0n) is 9.42. The molecule has 0 aromatic carbocycles. The quantitative estimate of drug-likeness (QED) is 0.857. The highest BCUT2D eigenvalue weighted by Gasteiger charge is 2.07. The van der Waals surface area contributed by atoms with E-state index in [1.165, 1.54) is 4.88 Å². The third-order valence-electron chi connectivity index (χ3n) is 2.26. The summed E-state index contributed by atoms with van der Waals surface area (Å²) in [4.78, 5) is 9.68. The minimum atomic E-state index is 0.507. The molecule has 2 aromatic rings. The van der Waals surface area contributed by atoms with Crippen LogP contribution >= 0.6 is 38.9 Å². The second kappa shape index (κ2) is 5.33. The number of hydrogen-bond acceptors (Lipinski definition) is 4. The molecule has 0 fully saturated rings. The van der Waals surface area contributed by atoms with E-state index in [2.05, 4.69) is 37.3 Å². The number of anilines is 1. The maximum atomic E-state index is 6.01. The Morgan fingerprint density at radius 2 is 2.12 bits per heavy atom. The van der Waals surface area contributed by atoms with E-state index in [-0.39, 0.29) is 0 Å². The summed E-state index contributed by atoms with van der Waals surface area (Å²) in [7, 11) is 0. The summed E-state index contributed by atoms with van der Waals surface area (Å²) in [6, 6.07) is 4.11. The number of nitrogens with one attached hydrogen (secondary N) is 1. The number of hydrogen-bond donors (Lipinski definition) is 1. The molecule has 0 amide bonds. The topological polar surface area (TPSA) is 37.8 Å². The van der Waals surface area contributed by atoms with Crippen molar-refractivity contribution >= 4 is 44.7 Å². The van der Waals surface area contributed by atoms with Gasteiger partial charge in [-0.15, -0.1) is 11.3 Å². The van der Waals surface area contributed by atoms with Crippen LogP contribution in [-0.4, -0.2) is 9.97 Å². The van der Waals surface area contributed by atoms with Crippen LogP contribution in [0.25, 0.3) is 0 Å². The number of halogens is 2. The third-order valence-corrected chi connectivity index (χ3v) is 4.25. The van der Waals surface area contributed by atoms with Crippen LogP contribution < -0.4 is 5.32 Å². The summed E-state index contributed by atoms with van der Waals surface area (Å²) in [6.07, 6.45) is 0. The Morgan fingerprint density at radius 3 is 2.76 bits per heavy atom. The molecule has 0 atom stereocenters. The van der Waals surface area contributed by atoms with Gasteiger partial charge < -0.3 is 5.32 Å². The van der Waals surface area contributed by atoms with Crippen LogP contribution in [0, 0.1) is 13.8 Å². The molecule has 2 aromatic heterocycles. The van der Waals surface area contributed by atoms with Crippen LogP contribution in [-0.2, 0) is 6.54 Å². The highest BCUT2D eigenvalue weighted by atomic mass is 79.9. The Hall–Kier alpha value is -0.650. The van der Waals surface area contributed by atoms with Gasteiger partial charge in [0.05, 0.1) is 10.3 Å². The summed E-state index contributed by atoms with van der Waals surface area (Å²) in [5, 5.41) is 3.79. The summed E-state index contributed by atoms with van der Waals surface area (Å²) in [6.45, 7) is 4.48. The first-order valence-electron chi connectivity index (χ1n) is 5.05. The van der Waals surface area contributed by atoms with Crippen LogP contribution in [0.1, 0.15) is 16.3 Å². The van der Waals surface area contributed by atoms with Crippen LogP contribution in [0.15, 0.2) is 15.9 Å². The summed E-state index contributed by atoms with van der Waals surface area (Å²) in [5.41, 5.74) is 0.882. The fraction of sp³-hybridized carbons (Fsp3) is 0.273. The molecule has 6 heteroatoms. The zero-order valence-corrected chi connectivity index (χ0v) is 12.6. The molecule has 3 nitrogen and oxygen atoms in total. The molecule has 0 aliphatic carbocycles. The Labute approximate surface area is 117 Å². The molecule has 1 N–H and O–H groups in total. The highest BCUT2D eigenvalue weighted by molar-refractivity contribution is 9.11. The number of rotatable bonds is 3. The van der Waals surface area contributed by atoms with Gasteiger partial charge >= 0.3 is 0 Å². The van der Waals surface area contributed by atoms with Gasteiger partial charge in [0.2, 0.25) is 0 Å². The van der Waals surface area contributed by atoms with Crippen LogP contribution in [0.2, 0.25) is 5.15 Å². The maximum Gasteiger partial charge on any atom is 0.137 e. The maximum absolute atomic E-state index is 6.01. The van der Waals surface area contributed by atoms with Crippen molar-refractivity contribution in [1.29, 1.82) is 0 Å². The van der Waals surface area contributed by atoms with Gasteiger partial charge in [-0.25, -0.2) is 9.97 Å². The normalized spacial score (nSPS) is 10.6. The molecule has 0 saturated carbocycles. The molecular weight excluding hydrogens is 322 g/mol. The average Bonchev–Trinajstić information content (AvgIpc) is 2.67. The lowest BCUT2D eigenvalue weighted by Gasteiger charge is -2.09. The Morgan fingerprint density at radius 1 is 1.35 bits per heavy atom. The molecule has 2 rings (SSSR count). The van der Waals surface area contributed by atoms with Crippen molar-refractivity contribution in [2.75, 3.05) is 5.32 Å². The van der Waals surface area contributed by atoms with Gasteiger partial charge in [-0.3, -0.25) is 0 Å². The second-order valence-electron chi connectivity index (χ2n) is 3.59. The van der Waals surface area contributed by atoms with Crippen LogP contribution in [0.3, 0.4) is 0 Å². The molecule has 17 heavy (non-hydrogen) atoms. The van der Waals surface area contributed by atoms with Gasteiger partial charge in [-0.2, -0.15) is 0 Å². The van der Waals surface area contributed by atoms with Gasteiger partial charge in [0, 0.05) is 10.4 Å². The molecule has 0 bridgehead atoms. The van der Waals surface area contributed by atoms with Gasteiger partial charge in [-0.1, -0.05) is 11.6 Å².